The van der Waals surface area contributed by atoms with Gasteiger partial charge in [0.25, 0.3) is 0 Å². The topological polar surface area (TPSA) is 31.6 Å². The normalized spacial score (nSPS) is 10.2. The van der Waals surface area contributed by atoms with Crippen molar-refractivity contribution in [3.05, 3.63) is 48.0 Å². The Labute approximate surface area is 65.3 Å². The SMILES string of the molecule is c1c[nH]c(Cc2cc[nH]c2)c1. The van der Waals surface area contributed by atoms with Gasteiger partial charge in [-0.25, -0.2) is 0 Å². The van der Waals surface area contributed by atoms with Crippen molar-refractivity contribution < 1.29 is 0 Å². The predicted molar refractivity (Wildman–Crippen MR) is 44.4 cm³/mol. The van der Waals surface area contributed by atoms with Gasteiger partial charge in [0.05, 0.1) is 0 Å². The van der Waals surface area contributed by atoms with E-state index in [0.29, 0.717) is 0 Å². The molecule has 2 heterocycles. The van der Waals surface area contributed by atoms with Crippen molar-refractivity contribution in [2.24, 2.45) is 0 Å². The fourth-order valence-corrected chi connectivity index (χ4v) is 1.17. The molecule has 0 atom stereocenters. The zero-order chi connectivity index (χ0) is 7.52. The molecule has 2 heteroatoms. The summed E-state index contributed by atoms with van der Waals surface area (Å²) >= 11 is 0. The van der Waals surface area contributed by atoms with E-state index in [4.69, 9.17) is 0 Å². The molecule has 0 saturated carbocycles. The smallest absolute Gasteiger partial charge is 0.0192 e. The summed E-state index contributed by atoms with van der Waals surface area (Å²) in [4.78, 5) is 6.19. The Morgan fingerprint density at radius 2 is 2.18 bits per heavy atom. The largest absolute Gasteiger partial charge is 0.367 e. The summed E-state index contributed by atoms with van der Waals surface area (Å²) < 4.78 is 0. The van der Waals surface area contributed by atoms with Gasteiger partial charge >= 0.3 is 0 Å². The molecule has 2 N–H and O–H groups in total. The number of nitrogens with one attached hydrogen (secondary N) is 2. The highest BCUT2D eigenvalue weighted by Gasteiger charge is 1.94. The first-order valence-corrected chi connectivity index (χ1v) is 3.69. The van der Waals surface area contributed by atoms with E-state index < -0.39 is 0 Å². The van der Waals surface area contributed by atoms with Gasteiger partial charge in [0.1, 0.15) is 0 Å². The monoisotopic (exact) mass is 146 g/mol. The lowest BCUT2D eigenvalue weighted by molar-refractivity contribution is 1.11. The van der Waals surface area contributed by atoms with Crippen LogP contribution in [0.15, 0.2) is 36.8 Å². The third-order valence-electron chi connectivity index (χ3n) is 1.72. The molecule has 0 bridgehead atoms. The third kappa shape index (κ3) is 1.34. The van der Waals surface area contributed by atoms with Crippen LogP contribution in [0.2, 0.25) is 0 Å². The van der Waals surface area contributed by atoms with E-state index >= 15 is 0 Å². The highest BCUT2D eigenvalue weighted by molar-refractivity contribution is 5.18. The highest BCUT2D eigenvalue weighted by atomic mass is 14.7. The quantitative estimate of drug-likeness (QED) is 0.648. The molecule has 2 nitrogen and oxygen atoms in total. The lowest BCUT2D eigenvalue weighted by Gasteiger charge is -1.91. The van der Waals surface area contributed by atoms with E-state index in [1.807, 2.05) is 24.7 Å². The van der Waals surface area contributed by atoms with Crippen LogP contribution in [0.1, 0.15) is 11.3 Å². The van der Waals surface area contributed by atoms with Crippen LogP contribution in [-0.2, 0) is 6.42 Å². The minimum absolute atomic E-state index is 0.983. The zero-order valence-corrected chi connectivity index (χ0v) is 6.17. The number of H-pyrrole nitrogens is 2. The van der Waals surface area contributed by atoms with E-state index in [-0.39, 0.29) is 0 Å². The maximum atomic E-state index is 3.16. The average Bonchev–Trinajstić information content (AvgIpc) is 2.60. The summed E-state index contributed by atoms with van der Waals surface area (Å²) in [5, 5.41) is 0. The lowest BCUT2D eigenvalue weighted by atomic mass is 10.2. The highest BCUT2D eigenvalue weighted by Crippen LogP contribution is 2.05. The third-order valence-corrected chi connectivity index (χ3v) is 1.72. The Morgan fingerprint density at radius 3 is 2.82 bits per heavy atom. The molecular formula is C9H10N2. The molecule has 2 rings (SSSR count). The number of aromatic amines is 2. The maximum absolute atomic E-state index is 3.16. The summed E-state index contributed by atoms with van der Waals surface area (Å²) in [5.74, 6) is 0. The van der Waals surface area contributed by atoms with Crippen LogP contribution in [-0.4, -0.2) is 9.97 Å². The number of hydrogen-bond acceptors (Lipinski definition) is 0. The van der Waals surface area contributed by atoms with Crippen LogP contribution in [0.3, 0.4) is 0 Å². The fourth-order valence-electron chi connectivity index (χ4n) is 1.17. The Kier molecular flexibility index (Phi) is 1.52. The summed E-state index contributed by atoms with van der Waals surface area (Å²) in [6.07, 6.45) is 6.89. The van der Waals surface area contributed by atoms with Crippen LogP contribution in [0.25, 0.3) is 0 Å². The van der Waals surface area contributed by atoms with Gasteiger partial charge in [0.15, 0.2) is 0 Å². The van der Waals surface area contributed by atoms with E-state index in [0.717, 1.165) is 6.42 Å². The van der Waals surface area contributed by atoms with Gasteiger partial charge in [0, 0.05) is 30.7 Å². The van der Waals surface area contributed by atoms with E-state index in [1.54, 1.807) is 0 Å². The molecular weight excluding hydrogens is 136 g/mol. The molecule has 0 saturated heterocycles. The molecule has 0 aliphatic carbocycles. The van der Waals surface area contributed by atoms with Gasteiger partial charge in [-0.15, -0.1) is 0 Å². The van der Waals surface area contributed by atoms with Crippen LogP contribution < -0.4 is 0 Å². The maximum Gasteiger partial charge on any atom is 0.0192 e. The zero-order valence-electron chi connectivity index (χ0n) is 6.17. The first kappa shape index (κ1) is 6.28. The lowest BCUT2D eigenvalue weighted by Crippen LogP contribution is -1.83. The first-order chi connectivity index (χ1) is 5.45. The second-order valence-electron chi connectivity index (χ2n) is 2.59. The minimum atomic E-state index is 0.983. The molecule has 0 spiro atoms. The molecule has 56 valence electrons. The average molecular weight is 146 g/mol. The number of rotatable bonds is 2. The van der Waals surface area contributed by atoms with Crippen molar-refractivity contribution in [3.8, 4) is 0 Å². The fraction of sp³-hybridized carbons (Fsp3) is 0.111. The molecule has 11 heavy (non-hydrogen) atoms. The molecule has 0 fully saturated rings. The molecule has 0 aliphatic heterocycles. The molecule has 2 aromatic rings. The first-order valence-electron chi connectivity index (χ1n) is 3.69. The molecule has 0 unspecified atom stereocenters. The van der Waals surface area contributed by atoms with Crippen molar-refractivity contribution in [3.63, 3.8) is 0 Å². The van der Waals surface area contributed by atoms with Gasteiger partial charge in [-0.05, 0) is 23.8 Å². The van der Waals surface area contributed by atoms with Gasteiger partial charge in [0.2, 0.25) is 0 Å². The Morgan fingerprint density at radius 1 is 1.18 bits per heavy atom. The Bertz CT molecular complexity index is 260. The second kappa shape index (κ2) is 2.66. The van der Waals surface area contributed by atoms with Gasteiger partial charge < -0.3 is 9.97 Å². The predicted octanol–water partition coefficient (Wildman–Crippen LogP) is 1.93. The summed E-state index contributed by atoms with van der Waals surface area (Å²) in [6.45, 7) is 0. The van der Waals surface area contributed by atoms with Gasteiger partial charge in [-0.2, -0.15) is 0 Å². The van der Waals surface area contributed by atoms with Gasteiger partial charge in [-0.1, -0.05) is 0 Å². The molecule has 0 aromatic carbocycles. The Balaban J connectivity index is 2.14. The number of hydrogen-bond donors (Lipinski definition) is 2. The molecule has 2 aromatic heterocycles. The van der Waals surface area contributed by atoms with Crippen molar-refractivity contribution >= 4 is 0 Å². The molecule has 0 amide bonds. The van der Waals surface area contributed by atoms with E-state index in [9.17, 15) is 0 Å². The van der Waals surface area contributed by atoms with Gasteiger partial charge in [-0.3, -0.25) is 0 Å². The van der Waals surface area contributed by atoms with Crippen LogP contribution in [0, 0.1) is 0 Å². The van der Waals surface area contributed by atoms with Crippen LogP contribution >= 0.6 is 0 Å². The standard InChI is InChI=1S/C9H10N2/c1-2-9(11-4-1)6-8-3-5-10-7-8/h1-5,7,10-11H,6H2. The van der Waals surface area contributed by atoms with E-state index in [2.05, 4.69) is 22.1 Å². The summed E-state index contributed by atoms with van der Waals surface area (Å²) in [6, 6.07) is 6.19. The van der Waals surface area contributed by atoms with Crippen molar-refractivity contribution in [1.82, 2.24) is 9.97 Å². The van der Waals surface area contributed by atoms with Crippen LogP contribution in [0.4, 0.5) is 0 Å². The van der Waals surface area contributed by atoms with E-state index in [1.165, 1.54) is 11.3 Å². The molecule has 0 radical (unpaired) electrons. The summed E-state index contributed by atoms with van der Waals surface area (Å²) in [5.41, 5.74) is 2.57. The van der Waals surface area contributed by atoms with Crippen LogP contribution in [0.5, 0.6) is 0 Å². The van der Waals surface area contributed by atoms with Crippen molar-refractivity contribution in [2.45, 2.75) is 6.42 Å². The Hall–Kier alpha value is -1.44. The van der Waals surface area contributed by atoms with Crippen molar-refractivity contribution in [2.75, 3.05) is 0 Å². The minimum Gasteiger partial charge on any atom is -0.367 e. The molecule has 0 aliphatic rings. The number of aromatic nitrogens is 2. The summed E-state index contributed by atoms with van der Waals surface area (Å²) in [7, 11) is 0. The second-order valence-corrected chi connectivity index (χ2v) is 2.59. The van der Waals surface area contributed by atoms with Crippen molar-refractivity contribution in [1.29, 1.82) is 0 Å².